The lowest BCUT2D eigenvalue weighted by atomic mass is 10.1. The molecule has 0 N–H and O–H groups in total. The molecule has 1 fully saturated rings. The van der Waals surface area contributed by atoms with E-state index in [0.717, 1.165) is 12.8 Å². The number of hydrogen-bond donors (Lipinski definition) is 0. The Balaban J connectivity index is 2.02. The largest absolute Gasteiger partial charge is 0.376 e. The van der Waals surface area contributed by atoms with Gasteiger partial charge < -0.3 is 18.9 Å². The fourth-order valence-electron chi connectivity index (χ4n) is 3.38. The molecule has 1 heterocycles. The van der Waals surface area contributed by atoms with E-state index in [2.05, 4.69) is 18.8 Å². The second kappa shape index (κ2) is 16.2. The van der Waals surface area contributed by atoms with Crippen LogP contribution in [0.4, 0.5) is 0 Å². The van der Waals surface area contributed by atoms with Crippen LogP contribution in [0, 0.1) is 11.8 Å². The van der Waals surface area contributed by atoms with Crippen LogP contribution >= 0.6 is 0 Å². The van der Waals surface area contributed by atoms with Crippen LogP contribution in [-0.4, -0.2) is 44.4 Å². The number of hydrogen-bond acceptors (Lipinski definition) is 4. The minimum absolute atomic E-state index is 0.00926. The summed E-state index contributed by atoms with van der Waals surface area (Å²) in [5.74, 6) is 6.09. The first-order valence-corrected chi connectivity index (χ1v) is 11.5. The molecule has 0 amide bonds. The Morgan fingerprint density at radius 2 is 1.64 bits per heavy atom. The fourth-order valence-corrected chi connectivity index (χ4v) is 3.38. The minimum Gasteiger partial charge on any atom is -0.376 e. The highest BCUT2D eigenvalue weighted by atomic mass is 16.7. The standard InChI is InChI=1S/C24H44O4/c1-5-7-8-9-10-11-12-13-14-15-16-17-18-22(26-6-2)19-25-20-23-21-27-24(3,4)28-23/h22-23H,5-15,18-21H2,1-4H3. The normalized spacial score (nSPS) is 19.4. The second-order valence-corrected chi connectivity index (χ2v) is 8.20. The van der Waals surface area contributed by atoms with Crippen molar-refractivity contribution in [1.29, 1.82) is 0 Å². The second-order valence-electron chi connectivity index (χ2n) is 8.20. The Labute approximate surface area is 174 Å². The maximum Gasteiger partial charge on any atom is 0.163 e. The highest BCUT2D eigenvalue weighted by molar-refractivity contribution is 5.00. The van der Waals surface area contributed by atoms with Gasteiger partial charge in [-0.15, -0.1) is 11.8 Å². The SMILES string of the molecule is CCCCCCCCCCCC#CCC(COCC1COC(C)(C)O1)OCC. The van der Waals surface area contributed by atoms with Gasteiger partial charge in [0.25, 0.3) is 0 Å². The molecule has 0 aromatic heterocycles. The number of ether oxygens (including phenoxy) is 4. The first-order valence-electron chi connectivity index (χ1n) is 11.5. The summed E-state index contributed by atoms with van der Waals surface area (Å²) in [6.07, 6.45) is 14.0. The van der Waals surface area contributed by atoms with E-state index < -0.39 is 5.79 Å². The van der Waals surface area contributed by atoms with E-state index in [9.17, 15) is 0 Å². The molecule has 4 heteroatoms. The molecule has 1 aliphatic heterocycles. The van der Waals surface area contributed by atoms with Crippen molar-refractivity contribution in [1.82, 2.24) is 0 Å². The topological polar surface area (TPSA) is 36.9 Å². The van der Waals surface area contributed by atoms with Crippen LogP contribution in [0.15, 0.2) is 0 Å². The van der Waals surface area contributed by atoms with Gasteiger partial charge in [-0.1, -0.05) is 58.3 Å². The summed E-state index contributed by atoms with van der Waals surface area (Å²) in [4.78, 5) is 0. The van der Waals surface area contributed by atoms with Crippen molar-refractivity contribution in [2.45, 2.75) is 116 Å². The summed E-state index contributed by atoms with van der Waals surface area (Å²) in [5, 5.41) is 0. The molecule has 0 aliphatic carbocycles. The molecule has 164 valence electrons. The lowest BCUT2D eigenvalue weighted by molar-refractivity contribution is -0.146. The van der Waals surface area contributed by atoms with Crippen LogP contribution in [0.1, 0.15) is 98.3 Å². The predicted molar refractivity (Wildman–Crippen MR) is 115 cm³/mol. The maximum absolute atomic E-state index is 5.79. The van der Waals surface area contributed by atoms with Crippen LogP contribution in [0.25, 0.3) is 0 Å². The average molecular weight is 397 g/mol. The van der Waals surface area contributed by atoms with Crippen molar-refractivity contribution in [3.8, 4) is 11.8 Å². The van der Waals surface area contributed by atoms with Crippen LogP contribution in [0.5, 0.6) is 0 Å². The molecule has 2 atom stereocenters. The molecule has 1 saturated heterocycles. The summed E-state index contributed by atoms with van der Waals surface area (Å²) in [6, 6.07) is 0. The Kier molecular flexibility index (Phi) is 14.7. The quantitative estimate of drug-likeness (QED) is 0.241. The molecule has 28 heavy (non-hydrogen) atoms. The van der Waals surface area contributed by atoms with Gasteiger partial charge in [0.15, 0.2) is 5.79 Å². The van der Waals surface area contributed by atoms with Crippen LogP contribution < -0.4 is 0 Å². The molecule has 0 aromatic carbocycles. The molecule has 0 spiro atoms. The van der Waals surface area contributed by atoms with Gasteiger partial charge in [0, 0.05) is 19.4 Å². The Bertz CT molecular complexity index is 424. The summed E-state index contributed by atoms with van der Waals surface area (Å²) in [6.45, 7) is 10.5. The first-order chi connectivity index (χ1) is 13.6. The molecule has 0 saturated carbocycles. The van der Waals surface area contributed by atoms with E-state index >= 15 is 0 Å². The van der Waals surface area contributed by atoms with Crippen molar-refractivity contribution >= 4 is 0 Å². The molecule has 1 rings (SSSR count). The van der Waals surface area contributed by atoms with Gasteiger partial charge in [0.2, 0.25) is 0 Å². The third-order valence-electron chi connectivity index (χ3n) is 4.94. The van der Waals surface area contributed by atoms with Crippen molar-refractivity contribution < 1.29 is 18.9 Å². The van der Waals surface area contributed by atoms with E-state index in [0.29, 0.717) is 26.4 Å². The summed E-state index contributed by atoms with van der Waals surface area (Å²) in [7, 11) is 0. The van der Waals surface area contributed by atoms with E-state index in [1.807, 2.05) is 20.8 Å². The zero-order valence-corrected chi connectivity index (χ0v) is 18.9. The summed E-state index contributed by atoms with van der Waals surface area (Å²) < 4.78 is 22.8. The van der Waals surface area contributed by atoms with Crippen LogP contribution in [0.2, 0.25) is 0 Å². The van der Waals surface area contributed by atoms with Crippen LogP contribution in [-0.2, 0) is 18.9 Å². The first kappa shape index (κ1) is 25.4. The molecule has 1 aliphatic rings. The van der Waals surface area contributed by atoms with Crippen molar-refractivity contribution in [3.63, 3.8) is 0 Å². The van der Waals surface area contributed by atoms with E-state index in [1.165, 1.54) is 57.8 Å². The van der Waals surface area contributed by atoms with Gasteiger partial charge in [-0.2, -0.15) is 0 Å². The van der Waals surface area contributed by atoms with Crippen molar-refractivity contribution in [2.24, 2.45) is 0 Å². The van der Waals surface area contributed by atoms with Crippen LogP contribution in [0.3, 0.4) is 0 Å². The van der Waals surface area contributed by atoms with Gasteiger partial charge in [-0.05, 0) is 27.2 Å². The maximum atomic E-state index is 5.79. The fraction of sp³-hybridized carbons (Fsp3) is 0.917. The summed E-state index contributed by atoms with van der Waals surface area (Å²) in [5.41, 5.74) is 0. The van der Waals surface area contributed by atoms with Crippen molar-refractivity contribution in [3.05, 3.63) is 0 Å². The Hall–Kier alpha value is -0.600. The zero-order chi connectivity index (χ0) is 20.5. The highest BCUT2D eigenvalue weighted by Gasteiger charge is 2.32. The monoisotopic (exact) mass is 396 g/mol. The van der Waals surface area contributed by atoms with Gasteiger partial charge in [-0.3, -0.25) is 0 Å². The Morgan fingerprint density at radius 1 is 0.964 bits per heavy atom. The lowest BCUT2D eigenvalue weighted by Crippen LogP contribution is -2.26. The number of unbranched alkanes of at least 4 members (excludes halogenated alkanes) is 9. The molecule has 0 bridgehead atoms. The zero-order valence-electron chi connectivity index (χ0n) is 18.9. The van der Waals surface area contributed by atoms with Gasteiger partial charge >= 0.3 is 0 Å². The number of rotatable bonds is 16. The average Bonchev–Trinajstić information content (AvgIpc) is 3.01. The van der Waals surface area contributed by atoms with Crippen molar-refractivity contribution in [2.75, 3.05) is 26.4 Å². The molecular formula is C24H44O4. The predicted octanol–water partition coefficient (Wildman–Crippen LogP) is 5.87. The molecular weight excluding hydrogens is 352 g/mol. The Morgan fingerprint density at radius 3 is 2.25 bits per heavy atom. The third kappa shape index (κ3) is 13.6. The van der Waals surface area contributed by atoms with Gasteiger partial charge in [0.1, 0.15) is 6.10 Å². The molecule has 2 unspecified atom stereocenters. The van der Waals surface area contributed by atoms with Gasteiger partial charge in [-0.25, -0.2) is 0 Å². The molecule has 4 nitrogen and oxygen atoms in total. The van der Waals surface area contributed by atoms with E-state index in [4.69, 9.17) is 18.9 Å². The van der Waals surface area contributed by atoms with Gasteiger partial charge in [0.05, 0.1) is 25.9 Å². The minimum atomic E-state index is -0.492. The molecule has 0 radical (unpaired) electrons. The van der Waals surface area contributed by atoms with E-state index in [-0.39, 0.29) is 12.2 Å². The smallest absolute Gasteiger partial charge is 0.163 e. The molecule has 0 aromatic rings. The summed E-state index contributed by atoms with van der Waals surface area (Å²) >= 11 is 0. The van der Waals surface area contributed by atoms with E-state index in [1.54, 1.807) is 0 Å². The lowest BCUT2D eigenvalue weighted by Gasteiger charge is -2.18. The third-order valence-corrected chi connectivity index (χ3v) is 4.94. The highest BCUT2D eigenvalue weighted by Crippen LogP contribution is 2.22.